The highest BCUT2D eigenvalue weighted by atomic mass is 14.9. The summed E-state index contributed by atoms with van der Waals surface area (Å²) in [6, 6.07) is 0. The van der Waals surface area contributed by atoms with E-state index in [0.29, 0.717) is 5.92 Å². The summed E-state index contributed by atoms with van der Waals surface area (Å²) in [6.45, 7) is 8.59. The van der Waals surface area contributed by atoms with Crippen molar-refractivity contribution in [1.82, 2.24) is 0 Å². The first-order chi connectivity index (χ1) is 4.36. The highest BCUT2D eigenvalue weighted by Gasteiger charge is 2.23. The van der Waals surface area contributed by atoms with Gasteiger partial charge < -0.3 is 11.5 Å². The van der Waals surface area contributed by atoms with E-state index in [9.17, 15) is 0 Å². The van der Waals surface area contributed by atoms with Crippen molar-refractivity contribution in [3.63, 3.8) is 0 Å². The lowest BCUT2D eigenvalue weighted by molar-refractivity contribution is 0.233. The van der Waals surface area contributed by atoms with Crippen molar-refractivity contribution >= 4 is 0 Å². The summed E-state index contributed by atoms with van der Waals surface area (Å²) in [5, 5.41) is 0. The molecule has 2 heteroatoms. The maximum atomic E-state index is 5.60. The predicted octanol–water partition coefficient (Wildman–Crippen LogP) is 1.30. The average molecular weight is 144 g/mol. The minimum atomic E-state index is -0.199. The summed E-state index contributed by atoms with van der Waals surface area (Å²) >= 11 is 0. The number of rotatable bonds is 3. The first-order valence-corrected chi connectivity index (χ1v) is 3.87. The van der Waals surface area contributed by atoms with Crippen molar-refractivity contribution < 1.29 is 0 Å². The van der Waals surface area contributed by atoms with Crippen LogP contribution in [-0.4, -0.2) is 6.17 Å². The van der Waals surface area contributed by atoms with E-state index < -0.39 is 0 Å². The van der Waals surface area contributed by atoms with Gasteiger partial charge >= 0.3 is 0 Å². The van der Waals surface area contributed by atoms with Gasteiger partial charge in [0.1, 0.15) is 0 Å². The Labute approximate surface area is 64.0 Å². The maximum Gasteiger partial charge on any atom is 0.0573 e. The van der Waals surface area contributed by atoms with Crippen LogP contribution in [0, 0.1) is 11.3 Å². The second-order valence-electron chi connectivity index (χ2n) is 4.11. The monoisotopic (exact) mass is 144 g/mol. The number of hydrogen-bond acceptors (Lipinski definition) is 2. The third kappa shape index (κ3) is 3.18. The van der Waals surface area contributed by atoms with Gasteiger partial charge in [0, 0.05) is 0 Å². The molecule has 62 valence electrons. The van der Waals surface area contributed by atoms with Crippen molar-refractivity contribution in [2.75, 3.05) is 0 Å². The van der Waals surface area contributed by atoms with E-state index in [-0.39, 0.29) is 11.6 Å². The molecule has 0 aromatic carbocycles. The van der Waals surface area contributed by atoms with E-state index >= 15 is 0 Å². The van der Waals surface area contributed by atoms with E-state index in [1.165, 1.54) is 0 Å². The van der Waals surface area contributed by atoms with Crippen molar-refractivity contribution in [3.8, 4) is 0 Å². The van der Waals surface area contributed by atoms with Crippen LogP contribution in [0.5, 0.6) is 0 Å². The quantitative estimate of drug-likeness (QED) is 0.587. The van der Waals surface area contributed by atoms with Crippen molar-refractivity contribution in [3.05, 3.63) is 0 Å². The first kappa shape index (κ1) is 9.92. The molecule has 0 radical (unpaired) electrons. The fraction of sp³-hybridized carbons (Fsp3) is 1.00. The van der Waals surface area contributed by atoms with Crippen molar-refractivity contribution in [1.29, 1.82) is 0 Å². The number of nitrogens with two attached hydrogens (primary N) is 2. The molecule has 0 aliphatic rings. The molecule has 0 spiro atoms. The van der Waals surface area contributed by atoms with Crippen LogP contribution in [0.2, 0.25) is 0 Å². The SMILES string of the molecule is CC(C)CC(C)(C)C(N)N. The Morgan fingerprint density at radius 2 is 1.60 bits per heavy atom. The average Bonchev–Trinajstić information content (AvgIpc) is 1.60. The van der Waals surface area contributed by atoms with E-state index in [4.69, 9.17) is 11.5 Å². The lowest BCUT2D eigenvalue weighted by Crippen LogP contribution is -2.45. The molecule has 0 heterocycles. The lowest BCUT2D eigenvalue weighted by atomic mass is 9.82. The third-order valence-electron chi connectivity index (χ3n) is 1.84. The molecule has 0 aromatic heterocycles. The van der Waals surface area contributed by atoms with Gasteiger partial charge in [0.15, 0.2) is 0 Å². The Kier molecular flexibility index (Phi) is 3.33. The van der Waals surface area contributed by atoms with Gasteiger partial charge in [-0.15, -0.1) is 0 Å². The van der Waals surface area contributed by atoms with E-state index in [1.807, 2.05) is 0 Å². The van der Waals surface area contributed by atoms with Crippen LogP contribution in [0.1, 0.15) is 34.1 Å². The van der Waals surface area contributed by atoms with Gasteiger partial charge in [0.05, 0.1) is 6.17 Å². The van der Waals surface area contributed by atoms with Crippen LogP contribution in [0.3, 0.4) is 0 Å². The Hall–Kier alpha value is -0.0800. The Balaban J connectivity index is 3.87. The molecule has 4 N–H and O–H groups in total. The Bertz CT molecular complexity index is 95.4. The van der Waals surface area contributed by atoms with Gasteiger partial charge in [-0.3, -0.25) is 0 Å². The van der Waals surface area contributed by atoms with Crippen molar-refractivity contribution in [2.24, 2.45) is 22.8 Å². The standard InChI is InChI=1S/C8H20N2/c1-6(2)5-8(3,4)7(9)10/h6-7H,5,9-10H2,1-4H3. The van der Waals surface area contributed by atoms with E-state index in [1.54, 1.807) is 0 Å². The zero-order valence-electron chi connectivity index (χ0n) is 7.52. The van der Waals surface area contributed by atoms with Crippen LogP contribution in [0.15, 0.2) is 0 Å². The molecule has 0 fully saturated rings. The Morgan fingerprint density at radius 3 is 1.70 bits per heavy atom. The van der Waals surface area contributed by atoms with Crippen LogP contribution in [-0.2, 0) is 0 Å². The minimum absolute atomic E-state index is 0.0775. The van der Waals surface area contributed by atoms with Gasteiger partial charge in [-0.1, -0.05) is 27.7 Å². The summed E-state index contributed by atoms with van der Waals surface area (Å²) in [4.78, 5) is 0. The second-order valence-corrected chi connectivity index (χ2v) is 4.11. The number of hydrogen-bond donors (Lipinski definition) is 2. The summed E-state index contributed by atoms with van der Waals surface area (Å²) in [7, 11) is 0. The third-order valence-corrected chi connectivity index (χ3v) is 1.84. The van der Waals surface area contributed by atoms with Crippen LogP contribution in [0.25, 0.3) is 0 Å². The molecule has 0 saturated heterocycles. The maximum absolute atomic E-state index is 5.60. The highest BCUT2D eigenvalue weighted by molar-refractivity contribution is 4.77. The first-order valence-electron chi connectivity index (χ1n) is 3.87. The molecule has 0 amide bonds. The summed E-state index contributed by atoms with van der Waals surface area (Å²) in [5.41, 5.74) is 11.3. The molecule has 0 bridgehead atoms. The molecular formula is C8H20N2. The summed E-state index contributed by atoms with van der Waals surface area (Å²) in [5.74, 6) is 0.671. The molecule has 0 aliphatic carbocycles. The molecule has 0 unspecified atom stereocenters. The smallest absolute Gasteiger partial charge is 0.0573 e. The highest BCUT2D eigenvalue weighted by Crippen LogP contribution is 2.25. The molecule has 0 rings (SSSR count). The van der Waals surface area contributed by atoms with Crippen LogP contribution >= 0.6 is 0 Å². The molecule has 10 heavy (non-hydrogen) atoms. The fourth-order valence-electron chi connectivity index (χ4n) is 1.19. The Morgan fingerprint density at radius 1 is 1.20 bits per heavy atom. The minimum Gasteiger partial charge on any atom is -0.316 e. The van der Waals surface area contributed by atoms with Crippen molar-refractivity contribution in [2.45, 2.75) is 40.3 Å². The summed E-state index contributed by atoms with van der Waals surface area (Å²) < 4.78 is 0. The molecule has 0 saturated carbocycles. The van der Waals surface area contributed by atoms with Gasteiger partial charge in [-0.05, 0) is 17.8 Å². The molecule has 0 atom stereocenters. The topological polar surface area (TPSA) is 52.0 Å². The van der Waals surface area contributed by atoms with E-state index in [2.05, 4.69) is 27.7 Å². The second kappa shape index (κ2) is 3.35. The van der Waals surface area contributed by atoms with Gasteiger partial charge in [-0.2, -0.15) is 0 Å². The van der Waals surface area contributed by atoms with Crippen LogP contribution < -0.4 is 11.5 Å². The van der Waals surface area contributed by atoms with Crippen LogP contribution in [0.4, 0.5) is 0 Å². The lowest BCUT2D eigenvalue weighted by Gasteiger charge is -2.30. The molecule has 0 aliphatic heterocycles. The fourth-order valence-corrected chi connectivity index (χ4v) is 1.19. The zero-order valence-corrected chi connectivity index (χ0v) is 7.52. The zero-order chi connectivity index (χ0) is 8.36. The van der Waals surface area contributed by atoms with Gasteiger partial charge in [0.2, 0.25) is 0 Å². The predicted molar refractivity (Wildman–Crippen MR) is 45.4 cm³/mol. The molecule has 0 aromatic rings. The van der Waals surface area contributed by atoms with E-state index in [0.717, 1.165) is 6.42 Å². The molecule has 2 nitrogen and oxygen atoms in total. The van der Waals surface area contributed by atoms with Gasteiger partial charge in [0.25, 0.3) is 0 Å². The largest absolute Gasteiger partial charge is 0.316 e. The molecular weight excluding hydrogens is 124 g/mol. The normalized spacial score (nSPS) is 13.2. The summed E-state index contributed by atoms with van der Waals surface area (Å²) in [6.07, 6.45) is 0.889. The van der Waals surface area contributed by atoms with Gasteiger partial charge in [-0.25, -0.2) is 0 Å².